The molecule has 0 saturated heterocycles. The van der Waals surface area contributed by atoms with Gasteiger partial charge in [-0.15, -0.1) is 0 Å². The molecule has 61 valence electrons. The van der Waals surface area contributed by atoms with E-state index >= 15 is 0 Å². The Labute approximate surface area is 69.4 Å². The van der Waals surface area contributed by atoms with Crippen LogP contribution in [0.1, 0.15) is 44.9 Å². The summed E-state index contributed by atoms with van der Waals surface area (Å²) < 4.78 is 0. The molecule has 1 radical (unpaired) electrons. The van der Waals surface area contributed by atoms with Crippen LogP contribution >= 0.6 is 0 Å². The molecule has 0 N–H and O–H groups in total. The van der Waals surface area contributed by atoms with Gasteiger partial charge in [-0.1, -0.05) is 0 Å². The maximum atomic E-state index is 1.93. The highest BCUT2D eigenvalue weighted by Crippen LogP contribution is 2.52. The van der Waals surface area contributed by atoms with Crippen molar-refractivity contribution in [2.75, 3.05) is 0 Å². The molecular formula is C11H17. The molecular weight excluding hydrogens is 132 g/mol. The molecule has 2 atom stereocenters. The van der Waals surface area contributed by atoms with Gasteiger partial charge in [-0.25, -0.2) is 0 Å². The third-order valence-corrected chi connectivity index (χ3v) is 4.25. The molecule has 0 aromatic carbocycles. The monoisotopic (exact) mass is 149 g/mol. The third-order valence-electron chi connectivity index (χ3n) is 4.25. The Kier molecular flexibility index (Phi) is 1.33. The minimum atomic E-state index is 1.13. The van der Waals surface area contributed by atoms with Crippen LogP contribution in [0.2, 0.25) is 0 Å². The van der Waals surface area contributed by atoms with E-state index in [1.165, 1.54) is 19.3 Å². The van der Waals surface area contributed by atoms with Crippen molar-refractivity contribution in [1.29, 1.82) is 0 Å². The van der Waals surface area contributed by atoms with Gasteiger partial charge in [0.2, 0.25) is 0 Å². The number of hydrogen-bond acceptors (Lipinski definition) is 0. The molecule has 0 heterocycles. The summed E-state index contributed by atoms with van der Waals surface area (Å²) >= 11 is 0. The Morgan fingerprint density at radius 1 is 0.909 bits per heavy atom. The highest BCUT2D eigenvalue weighted by molar-refractivity contribution is 5.04. The van der Waals surface area contributed by atoms with E-state index in [0.29, 0.717) is 0 Å². The van der Waals surface area contributed by atoms with Gasteiger partial charge in [-0.3, -0.25) is 0 Å². The van der Waals surface area contributed by atoms with Crippen LogP contribution < -0.4 is 0 Å². The van der Waals surface area contributed by atoms with Gasteiger partial charge in [0.25, 0.3) is 0 Å². The zero-order chi connectivity index (χ0) is 7.26. The first-order chi connectivity index (χ1) is 5.42. The SMILES string of the molecule is C1CC2CC3C[C]1CCC2C3. The minimum Gasteiger partial charge on any atom is -0.0496 e. The molecule has 4 aliphatic rings. The summed E-state index contributed by atoms with van der Waals surface area (Å²) in [5.41, 5.74) is 0. The topological polar surface area (TPSA) is 0 Å². The largest absolute Gasteiger partial charge is 0.0496 e. The van der Waals surface area contributed by atoms with Gasteiger partial charge in [0.15, 0.2) is 0 Å². The first-order valence-corrected chi connectivity index (χ1v) is 5.25. The van der Waals surface area contributed by atoms with Crippen molar-refractivity contribution >= 4 is 0 Å². The number of fused-ring (bicyclic) bond motifs is 2. The van der Waals surface area contributed by atoms with E-state index in [9.17, 15) is 0 Å². The van der Waals surface area contributed by atoms with Crippen LogP contribution in [0.15, 0.2) is 0 Å². The van der Waals surface area contributed by atoms with Gasteiger partial charge in [0.05, 0.1) is 0 Å². The van der Waals surface area contributed by atoms with E-state index in [1.54, 1.807) is 25.7 Å². The van der Waals surface area contributed by atoms with Gasteiger partial charge in [0.1, 0.15) is 0 Å². The summed E-state index contributed by atoms with van der Waals surface area (Å²) in [6.45, 7) is 0. The summed E-state index contributed by atoms with van der Waals surface area (Å²) in [5.74, 6) is 5.36. The second-order valence-corrected chi connectivity index (χ2v) is 4.89. The summed E-state index contributed by atoms with van der Waals surface area (Å²) in [6, 6.07) is 0. The summed E-state index contributed by atoms with van der Waals surface area (Å²) in [7, 11) is 0. The smallest absolute Gasteiger partial charge is 0.0238 e. The zero-order valence-corrected chi connectivity index (χ0v) is 7.18. The molecule has 4 rings (SSSR count). The van der Waals surface area contributed by atoms with Crippen molar-refractivity contribution < 1.29 is 0 Å². The Bertz CT molecular complexity index is 145. The van der Waals surface area contributed by atoms with Crippen LogP contribution in [0.25, 0.3) is 0 Å². The average Bonchev–Trinajstić information content (AvgIpc) is 2.26. The van der Waals surface area contributed by atoms with Crippen LogP contribution in [0.4, 0.5) is 0 Å². The first kappa shape index (κ1) is 6.51. The molecule has 0 aromatic rings. The lowest BCUT2D eigenvalue weighted by Gasteiger charge is -2.14. The summed E-state index contributed by atoms with van der Waals surface area (Å²) in [6.07, 6.45) is 10.8. The van der Waals surface area contributed by atoms with Crippen molar-refractivity contribution in [2.24, 2.45) is 17.8 Å². The minimum absolute atomic E-state index is 1.13. The Balaban J connectivity index is 1.93. The molecule has 4 aliphatic carbocycles. The summed E-state index contributed by atoms with van der Waals surface area (Å²) in [5, 5.41) is 0. The first-order valence-electron chi connectivity index (χ1n) is 5.25. The van der Waals surface area contributed by atoms with E-state index in [2.05, 4.69) is 0 Å². The van der Waals surface area contributed by atoms with Crippen LogP contribution in [0.3, 0.4) is 0 Å². The predicted octanol–water partition coefficient (Wildman–Crippen LogP) is 3.18. The Morgan fingerprint density at radius 2 is 1.55 bits per heavy atom. The normalized spacial score (nSPS) is 49.6. The van der Waals surface area contributed by atoms with Crippen LogP contribution in [-0.4, -0.2) is 0 Å². The van der Waals surface area contributed by atoms with Crippen molar-refractivity contribution in [1.82, 2.24) is 0 Å². The fourth-order valence-corrected chi connectivity index (χ4v) is 3.73. The molecule has 4 saturated carbocycles. The van der Waals surface area contributed by atoms with E-state index in [4.69, 9.17) is 0 Å². The molecule has 0 heteroatoms. The lowest BCUT2D eigenvalue weighted by molar-refractivity contribution is 0.367. The second kappa shape index (κ2) is 2.24. The molecule has 4 fully saturated rings. The number of hydrogen-bond donors (Lipinski definition) is 0. The van der Waals surface area contributed by atoms with Crippen molar-refractivity contribution in [3.8, 4) is 0 Å². The maximum Gasteiger partial charge on any atom is -0.0238 e. The van der Waals surface area contributed by atoms with Crippen LogP contribution in [0, 0.1) is 23.7 Å². The highest BCUT2D eigenvalue weighted by atomic mass is 14.5. The molecule has 2 unspecified atom stereocenters. The van der Waals surface area contributed by atoms with Gasteiger partial charge in [0, 0.05) is 0 Å². The second-order valence-electron chi connectivity index (χ2n) is 4.89. The average molecular weight is 149 g/mol. The van der Waals surface area contributed by atoms with Gasteiger partial charge in [-0.2, -0.15) is 0 Å². The quantitative estimate of drug-likeness (QED) is 0.496. The molecule has 0 amide bonds. The molecule has 0 aliphatic heterocycles. The maximum absolute atomic E-state index is 1.93. The summed E-state index contributed by atoms with van der Waals surface area (Å²) in [4.78, 5) is 0. The molecule has 11 heavy (non-hydrogen) atoms. The van der Waals surface area contributed by atoms with Crippen molar-refractivity contribution in [2.45, 2.75) is 44.9 Å². The molecule has 0 spiro atoms. The third kappa shape index (κ3) is 0.947. The van der Waals surface area contributed by atoms with E-state index in [1.807, 2.05) is 5.92 Å². The molecule has 0 aromatic heterocycles. The lowest BCUT2D eigenvalue weighted by atomic mass is 9.92. The standard InChI is InChI=1S/C11H17/c1-3-10-6-9-5-8(1)2-4-11(10)7-9/h9-11H,1-7H2. The van der Waals surface area contributed by atoms with Crippen molar-refractivity contribution in [3.05, 3.63) is 5.92 Å². The van der Waals surface area contributed by atoms with Gasteiger partial charge >= 0.3 is 0 Å². The molecule has 4 bridgehead atoms. The molecule has 0 nitrogen and oxygen atoms in total. The van der Waals surface area contributed by atoms with E-state index in [-0.39, 0.29) is 0 Å². The lowest BCUT2D eigenvalue weighted by Crippen LogP contribution is -2.04. The highest BCUT2D eigenvalue weighted by Gasteiger charge is 2.40. The Hall–Kier alpha value is 0. The fraction of sp³-hybridized carbons (Fsp3) is 0.909. The number of rotatable bonds is 0. The van der Waals surface area contributed by atoms with Crippen molar-refractivity contribution in [3.63, 3.8) is 0 Å². The zero-order valence-electron chi connectivity index (χ0n) is 7.18. The predicted molar refractivity (Wildman–Crippen MR) is 46.0 cm³/mol. The van der Waals surface area contributed by atoms with Crippen LogP contribution in [-0.2, 0) is 0 Å². The Morgan fingerprint density at radius 3 is 2.18 bits per heavy atom. The van der Waals surface area contributed by atoms with Gasteiger partial charge < -0.3 is 0 Å². The van der Waals surface area contributed by atoms with Gasteiger partial charge in [-0.05, 0) is 68.6 Å². The van der Waals surface area contributed by atoms with E-state index < -0.39 is 0 Å². The fourth-order valence-electron chi connectivity index (χ4n) is 3.73. The van der Waals surface area contributed by atoms with Crippen LogP contribution in [0.5, 0.6) is 0 Å². The van der Waals surface area contributed by atoms with E-state index in [0.717, 1.165) is 17.8 Å².